The van der Waals surface area contributed by atoms with E-state index in [9.17, 15) is 14.7 Å². The van der Waals surface area contributed by atoms with Gasteiger partial charge in [-0.2, -0.15) is 0 Å². The highest BCUT2D eigenvalue weighted by Gasteiger charge is 2.37. The molecule has 28 heavy (non-hydrogen) atoms. The van der Waals surface area contributed by atoms with Gasteiger partial charge in [0.15, 0.2) is 5.78 Å². The minimum absolute atomic E-state index is 0.0941. The molecule has 3 aromatic rings. The van der Waals surface area contributed by atoms with Crippen molar-refractivity contribution in [2.75, 3.05) is 5.73 Å². The largest absolute Gasteiger partial charge is 0.480 e. The molecule has 0 saturated heterocycles. The van der Waals surface area contributed by atoms with E-state index in [2.05, 4.69) is 0 Å². The molecule has 0 aliphatic heterocycles. The van der Waals surface area contributed by atoms with Crippen molar-refractivity contribution < 1.29 is 14.7 Å². The van der Waals surface area contributed by atoms with Gasteiger partial charge in [0.05, 0.1) is 0 Å². The topological polar surface area (TPSA) is 80.4 Å². The number of thioether (sulfide) groups is 1. The number of rotatable bonds is 7. The van der Waals surface area contributed by atoms with Crippen LogP contribution in [-0.4, -0.2) is 21.6 Å². The van der Waals surface area contributed by atoms with Crippen LogP contribution in [0.15, 0.2) is 83.8 Å². The second-order valence-electron chi connectivity index (χ2n) is 6.75. The maximum atomic E-state index is 12.8. The van der Waals surface area contributed by atoms with E-state index in [1.54, 1.807) is 19.1 Å². The summed E-state index contributed by atoms with van der Waals surface area (Å²) in [4.78, 5) is 25.4. The van der Waals surface area contributed by atoms with Crippen LogP contribution in [-0.2, 0) is 4.79 Å². The number of nitrogens with two attached hydrogens (primary N) is 1. The van der Waals surface area contributed by atoms with Crippen LogP contribution in [0.1, 0.15) is 23.7 Å². The van der Waals surface area contributed by atoms with Gasteiger partial charge in [0.2, 0.25) is 0 Å². The van der Waals surface area contributed by atoms with Gasteiger partial charge in [0.1, 0.15) is 4.75 Å². The van der Waals surface area contributed by atoms with E-state index in [1.807, 2.05) is 66.7 Å². The van der Waals surface area contributed by atoms with Crippen LogP contribution in [0.25, 0.3) is 11.1 Å². The second kappa shape index (κ2) is 8.31. The lowest BCUT2D eigenvalue weighted by atomic mass is 9.97. The van der Waals surface area contributed by atoms with Crippen LogP contribution in [0.5, 0.6) is 0 Å². The molecule has 0 spiro atoms. The summed E-state index contributed by atoms with van der Waals surface area (Å²) < 4.78 is -1.24. The Kier molecular flexibility index (Phi) is 5.85. The zero-order valence-electron chi connectivity index (χ0n) is 15.5. The predicted octanol–water partition coefficient (Wildman–Crippen LogP) is 5.14. The molecule has 0 aromatic heterocycles. The Morgan fingerprint density at radius 1 is 0.893 bits per heavy atom. The number of anilines is 1. The lowest BCUT2D eigenvalue weighted by molar-refractivity contribution is -0.139. The minimum atomic E-state index is -1.24. The molecule has 1 atom stereocenters. The predicted molar refractivity (Wildman–Crippen MR) is 114 cm³/mol. The van der Waals surface area contributed by atoms with Gasteiger partial charge in [-0.25, -0.2) is 0 Å². The molecule has 0 radical (unpaired) electrons. The van der Waals surface area contributed by atoms with Crippen molar-refractivity contribution in [3.05, 3.63) is 84.4 Å². The van der Waals surface area contributed by atoms with Gasteiger partial charge >= 0.3 is 5.97 Å². The quantitative estimate of drug-likeness (QED) is 0.331. The molecular weight excluding hydrogens is 370 g/mol. The van der Waals surface area contributed by atoms with Gasteiger partial charge in [0, 0.05) is 22.6 Å². The molecule has 3 N–H and O–H groups in total. The number of hydrogen-bond acceptors (Lipinski definition) is 4. The Morgan fingerprint density at radius 2 is 1.43 bits per heavy atom. The van der Waals surface area contributed by atoms with Gasteiger partial charge in [0.25, 0.3) is 0 Å². The lowest BCUT2D eigenvalue weighted by Gasteiger charge is -2.23. The number of benzene rings is 3. The molecule has 142 valence electrons. The van der Waals surface area contributed by atoms with Crippen molar-refractivity contribution in [3.63, 3.8) is 0 Å². The standard InChI is InChI=1S/C23H21NO3S/c1-23(22(26)27,28-20-5-3-2-4-6-20)15-21(25)18-9-7-16(8-10-18)17-11-13-19(24)14-12-17/h2-14H,15,24H2,1H3,(H,26,27). The fourth-order valence-electron chi connectivity index (χ4n) is 2.84. The van der Waals surface area contributed by atoms with E-state index in [1.165, 1.54) is 11.8 Å². The molecule has 3 rings (SSSR count). The van der Waals surface area contributed by atoms with Gasteiger partial charge in [-0.3, -0.25) is 9.59 Å². The second-order valence-corrected chi connectivity index (χ2v) is 8.33. The molecule has 0 fully saturated rings. The van der Waals surface area contributed by atoms with Crippen molar-refractivity contribution in [2.24, 2.45) is 0 Å². The number of carboxylic acids is 1. The summed E-state index contributed by atoms with van der Waals surface area (Å²) in [5.41, 5.74) is 8.88. The van der Waals surface area contributed by atoms with Crippen LogP contribution in [0, 0.1) is 0 Å². The minimum Gasteiger partial charge on any atom is -0.480 e. The fraction of sp³-hybridized carbons (Fsp3) is 0.130. The highest BCUT2D eigenvalue weighted by atomic mass is 32.2. The Bertz CT molecular complexity index is 969. The molecule has 3 aromatic carbocycles. The average Bonchev–Trinajstić information content (AvgIpc) is 2.69. The van der Waals surface area contributed by atoms with Crippen LogP contribution < -0.4 is 5.73 Å². The molecule has 1 unspecified atom stereocenters. The van der Waals surface area contributed by atoms with Crippen LogP contribution in [0.4, 0.5) is 5.69 Å². The Hall–Kier alpha value is -3.05. The van der Waals surface area contributed by atoms with Crippen molar-refractivity contribution >= 4 is 29.2 Å². The number of carboxylic acid groups (broad SMARTS) is 1. The number of Topliss-reactive ketones (excluding diaryl/α,β-unsaturated/α-hetero) is 1. The Morgan fingerprint density at radius 3 is 1.96 bits per heavy atom. The normalized spacial score (nSPS) is 12.9. The Labute approximate surface area is 168 Å². The van der Waals surface area contributed by atoms with Crippen LogP contribution >= 0.6 is 11.8 Å². The van der Waals surface area contributed by atoms with E-state index in [0.717, 1.165) is 16.0 Å². The summed E-state index contributed by atoms with van der Waals surface area (Å²) in [7, 11) is 0. The molecule has 0 aliphatic carbocycles. The first-order valence-corrected chi connectivity index (χ1v) is 9.66. The monoisotopic (exact) mass is 391 g/mol. The SMILES string of the molecule is CC(CC(=O)c1ccc(-c2ccc(N)cc2)cc1)(Sc1ccccc1)C(=O)O. The van der Waals surface area contributed by atoms with Crippen LogP contribution in [0.2, 0.25) is 0 Å². The van der Waals surface area contributed by atoms with E-state index < -0.39 is 10.7 Å². The van der Waals surface area contributed by atoms with Gasteiger partial charge in [-0.1, -0.05) is 54.6 Å². The molecule has 5 heteroatoms. The van der Waals surface area contributed by atoms with Crippen molar-refractivity contribution in [1.29, 1.82) is 0 Å². The first-order chi connectivity index (χ1) is 13.4. The number of nitrogen functional groups attached to an aromatic ring is 1. The van der Waals surface area contributed by atoms with E-state index in [-0.39, 0.29) is 12.2 Å². The molecule has 4 nitrogen and oxygen atoms in total. The number of hydrogen-bond donors (Lipinski definition) is 2. The number of aliphatic carboxylic acids is 1. The Balaban J connectivity index is 1.76. The maximum absolute atomic E-state index is 12.8. The molecule has 0 bridgehead atoms. The lowest BCUT2D eigenvalue weighted by Crippen LogP contribution is -2.34. The zero-order valence-corrected chi connectivity index (χ0v) is 16.3. The van der Waals surface area contributed by atoms with Crippen molar-refractivity contribution in [2.45, 2.75) is 23.0 Å². The molecule has 0 saturated carbocycles. The summed E-state index contributed by atoms with van der Waals surface area (Å²) in [5.74, 6) is -1.20. The average molecular weight is 391 g/mol. The zero-order chi connectivity index (χ0) is 20.1. The van der Waals surface area contributed by atoms with Gasteiger partial charge in [-0.15, -0.1) is 11.8 Å². The molecule has 0 heterocycles. The summed E-state index contributed by atoms with van der Waals surface area (Å²) in [6, 6.07) is 24.0. The highest BCUT2D eigenvalue weighted by molar-refractivity contribution is 8.01. The molecular formula is C23H21NO3S. The first kappa shape index (κ1) is 19.7. The van der Waals surface area contributed by atoms with Gasteiger partial charge in [-0.05, 0) is 42.3 Å². The van der Waals surface area contributed by atoms with Gasteiger partial charge < -0.3 is 10.8 Å². The summed E-state index contributed by atoms with van der Waals surface area (Å²) in [6.07, 6.45) is -0.0941. The summed E-state index contributed by atoms with van der Waals surface area (Å²) in [5, 5.41) is 9.72. The number of carbonyl (C=O) groups is 2. The molecule has 0 aliphatic rings. The third-order valence-electron chi connectivity index (χ3n) is 4.49. The van der Waals surface area contributed by atoms with Crippen LogP contribution in [0.3, 0.4) is 0 Å². The molecule has 0 amide bonds. The van der Waals surface area contributed by atoms with Crippen molar-refractivity contribution in [1.82, 2.24) is 0 Å². The van der Waals surface area contributed by atoms with E-state index in [4.69, 9.17) is 5.73 Å². The number of ketones is 1. The van der Waals surface area contributed by atoms with E-state index in [0.29, 0.717) is 11.3 Å². The highest BCUT2D eigenvalue weighted by Crippen LogP contribution is 2.36. The number of carbonyl (C=O) groups excluding carboxylic acids is 1. The summed E-state index contributed by atoms with van der Waals surface area (Å²) in [6.45, 7) is 1.59. The summed E-state index contributed by atoms with van der Waals surface area (Å²) >= 11 is 1.19. The smallest absolute Gasteiger partial charge is 0.320 e. The van der Waals surface area contributed by atoms with Crippen molar-refractivity contribution in [3.8, 4) is 11.1 Å². The fourth-order valence-corrected chi connectivity index (χ4v) is 3.94. The third kappa shape index (κ3) is 4.61. The third-order valence-corrected chi connectivity index (χ3v) is 5.76. The van der Waals surface area contributed by atoms with E-state index >= 15 is 0 Å². The first-order valence-electron chi connectivity index (χ1n) is 8.84. The maximum Gasteiger partial charge on any atom is 0.320 e.